The number of nitrogens with zero attached hydrogens (tertiary/aromatic N) is 3. The van der Waals surface area contributed by atoms with Crippen molar-refractivity contribution in [2.45, 2.75) is 13.8 Å². The first-order valence-corrected chi connectivity index (χ1v) is 7.42. The third-order valence-electron chi connectivity index (χ3n) is 3.26. The Morgan fingerprint density at radius 1 is 1.08 bits per heavy atom. The second kappa shape index (κ2) is 6.87. The maximum Gasteiger partial charge on any atom is 0.257 e. The smallest absolute Gasteiger partial charge is 0.257 e. The maximum absolute atomic E-state index is 12.4. The molecule has 24 heavy (non-hydrogen) atoms. The number of pyridine rings is 1. The van der Waals surface area contributed by atoms with Crippen LogP contribution in [-0.4, -0.2) is 20.9 Å². The van der Waals surface area contributed by atoms with E-state index in [1.165, 1.54) is 0 Å². The molecule has 2 heterocycles. The number of carbonyl (C=O) groups is 1. The first kappa shape index (κ1) is 15.6. The van der Waals surface area contributed by atoms with E-state index in [0.29, 0.717) is 28.7 Å². The molecule has 0 atom stereocenters. The van der Waals surface area contributed by atoms with E-state index < -0.39 is 0 Å². The van der Waals surface area contributed by atoms with Crippen LogP contribution in [0.2, 0.25) is 0 Å². The highest BCUT2D eigenvalue weighted by molar-refractivity contribution is 6.04. The Morgan fingerprint density at radius 2 is 1.96 bits per heavy atom. The van der Waals surface area contributed by atoms with Crippen LogP contribution in [0.4, 0.5) is 5.82 Å². The molecule has 0 radical (unpaired) electrons. The number of ether oxygens (including phenoxy) is 1. The minimum Gasteiger partial charge on any atom is -0.439 e. The molecule has 0 bridgehead atoms. The van der Waals surface area contributed by atoms with Gasteiger partial charge in [-0.15, -0.1) is 0 Å². The second-order valence-corrected chi connectivity index (χ2v) is 5.20. The minimum absolute atomic E-state index is 0.274. The summed E-state index contributed by atoms with van der Waals surface area (Å²) in [6.07, 6.45) is 3.30. The Bertz CT molecular complexity index is 866. The predicted molar refractivity (Wildman–Crippen MR) is 90.2 cm³/mol. The fraction of sp³-hybridized carbons (Fsp3) is 0.111. The molecule has 0 spiro atoms. The lowest BCUT2D eigenvalue weighted by molar-refractivity contribution is 0.102. The minimum atomic E-state index is -0.274. The van der Waals surface area contributed by atoms with Gasteiger partial charge in [0.2, 0.25) is 5.88 Å². The van der Waals surface area contributed by atoms with Crippen LogP contribution in [-0.2, 0) is 0 Å². The average molecular weight is 320 g/mol. The highest BCUT2D eigenvalue weighted by atomic mass is 16.5. The number of hydrogen-bond acceptors (Lipinski definition) is 5. The lowest BCUT2D eigenvalue weighted by Crippen LogP contribution is -2.14. The molecule has 1 amide bonds. The summed E-state index contributed by atoms with van der Waals surface area (Å²) in [6.45, 7) is 3.62. The van der Waals surface area contributed by atoms with Crippen molar-refractivity contribution in [3.05, 3.63) is 71.8 Å². The van der Waals surface area contributed by atoms with Crippen molar-refractivity contribution >= 4 is 11.7 Å². The monoisotopic (exact) mass is 320 g/mol. The van der Waals surface area contributed by atoms with Crippen LogP contribution in [0.1, 0.15) is 21.7 Å². The van der Waals surface area contributed by atoms with Gasteiger partial charge in [0.1, 0.15) is 5.75 Å². The van der Waals surface area contributed by atoms with Gasteiger partial charge in [-0.2, -0.15) is 0 Å². The number of amides is 1. The van der Waals surface area contributed by atoms with E-state index >= 15 is 0 Å². The summed E-state index contributed by atoms with van der Waals surface area (Å²) >= 11 is 0. The van der Waals surface area contributed by atoms with Crippen molar-refractivity contribution in [1.29, 1.82) is 0 Å². The third kappa shape index (κ3) is 3.73. The number of aromatic nitrogens is 3. The molecule has 0 unspecified atom stereocenters. The highest BCUT2D eigenvalue weighted by Crippen LogP contribution is 2.20. The van der Waals surface area contributed by atoms with Gasteiger partial charge in [-0.05, 0) is 38.1 Å². The van der Waals surface area contributed by atoms with Crippen molar-refractivity contribution in [3.8, 4) is 11.6 Å². The summed E-state index contributed by atoms with van der Waals surface area (Å²) in [5.41, 5.74) is 1.86. The van der Waals surface area contributed by atoms with Crippen LogP contribution in [0, 0.1) is 13.8 Å². The van der Waals surface area contributed by atoms with Gasteiger partial charge in [0.25, 0.3) is 5.91 Å². The van der Waals surface area contributed by atoms with E-state index in [-0.39, 0.29) is 5.91 Å². The first-order chi connectivity index (χ1) is 11.6. The van der Waals surface area contributed by atoms with Gasteiger partial charge in [0.05, 0.1) is 11.4 Å². The van der Waals surface area contributed by atoms with Crippen molar-refractivity contribution < 1.29 is 9.53 Å². The van der Waals surface area contributed by atoms with Gasteiger partial charge in [0.15, 0.2) is 5.82 Å². The topological polar surface area (TPSA) is 77.0 Å². The Balaban J connectivity index is 1.78. The lowest BCUT2D eigenvalue weighted by atomic mass is 10.2. The van der Waals surface area contributed by atoms with Gasteiger partial charge < -0.3 is 10.1 Å². The van der Waals surface area contributed by atoms with Gasteiger partial charge >= 0.3 is 0 Å². The van der Waals surface area contributed by atoms with Crippen molar-refractivity contribution in [1.82, 2.24) is 15.0 Å². The molecule has 0 saturated carbocycles. The molecule has 3 rings (SSSR count). The Labute approximate surface area is 139 Å². The molecular weight excluding hydrogens is 304 g/mol. The van der Waals surface area contributed by atoms with Crippen LogP contribution >= 0.6 is 0 Å². The number of anilines is 1. The zero-order chi connectivity index (χ0) is 16.9. The first-order valence-electron chi connectivity index (χ1n) is 7.42. The quantitative estimate of drug-likeness (QED) is 0.795. The number of hydrogen-bond donors (Lipinski definition) is 1. The predicted octanol–water partition coefficient (Wildman–Crippen LogP) is 3.53. The van der Waals surface area contributed by atoms with Crippen LogP contribution in [0.25, 0.3) is 0 Å². The van der Waals surface area contributed by atoms with E-state index in [2.05, 4.69) is 20.3 Å². The van der Waals surface area contributed by atoms with E-state index in [9.17, 15) is 4.79 Å². The molecule has 0 aliphatic carbocycles. The Hall–Kier alpha value is -3.28. The molecule has 120 valence electrons. The van der Waals surface area contributed by atoms with Crippen LogP contribution in [0.15, 0.2) is 54.9 Å². The summed E-state index contributed by atoms with van der Waals surface area (Å²) in [5.74, 6) is 1.18. The largest absolute Gasteiger partial charge is 0.439 e. The molecule has 2 aromatic heterocycles. The number of nitrogens with one attached hydrogen (secondary N) is 1. The van der Waals surface area contributed by atoms with E-state index in [1.54, 1.807) is 49.6 Å². The zero-order valence-corrected chi connectivity index (χ0v) is 13.4. The number of aryl methyl sites for hydroxylation is 2. The fourth-order valence-corrected chi connectivity index (χ4v) is 2.06. The molecule has 6 heteroatoms. The summed E-state index contributed by atoms with van der Waals surface area (Å²) in [4.78, 5) is 25.0. The number of rotatable bonds is 4. The van der Waals surface area contributed by atoms with E-state index in [0.717, 1.165) is 5.69 Å². The van der Waals surface area contributed by atoms with Crippen LogP contribution in [0.5, 0.6) is 11.6 Å². The van der Waals surface area contributed by atoms with Gasteiger partial charge in [0, 0.05) is 24.0 Å². The molecular formula is C18H16N4O2. The fourth-order valence-electron chi connectivity index (χ4n) is 2.06. The van der Waals surface area contributed by atoms with Gasteiger partial charge in [-0.1, -0.05) is 12.1 Å². The third-order valence-corrected chi connectivity index (χ3v) is 3.26. The van der Waals surface area contributed by atoms with Crippen molar-refractivity contribution in [3.63, 3.8) is 0 Å². The molecule has 3 aromatic rings. The SMILES string of the molecule is Cc1cnc(C)c(NC(=O)c2cccc(Oc3ccccn3)c2)n1. The van der Waals surface area contributed by atoms with Crippen LogP contribution < -0.4 is 10.1 Å². The standard InChI is InChI=1S/C18H16N4O2/c1-12-11-20-13(2)17(21-12)22-18(23)14-6-5-7-15(10-14)24-16-8-3-4-9-19-16/h3-11H,1-2H3,(H,21,22,23). The van der Waals surface area contributed by atoms with Crippen LogP contribution in [0.3, 0.4) is 0 Å². The van der Waals surface area contributed by atoms with E-state index in [1.807, 2.05) is 19.1 Å². The number of carbonyl (C=O) groups excluding carboxylic acids is 1. The van der Waals surface area contributed by atoms with Gasteiger partial charge in [-0.3, -0.25) is 9.78 Å². The summed E-state index contributed by atoms with van der Waals surface area (Å²) in [7, 11) is 0. The molecule has 0 aliphatic rings. The molecule has 6 nitrogen and oxygen atoms in total. The molecule has 1 N–H and O–H groups in total. The number of benzene rings is 1. The normalized spacial score (nSPS) is 10.2. The summed E-state index contributed by atoms with van der Waals surface area (Å²) in [5, 5.41) is 2.77. The zero-order valence-electron chi connectivity index (χ0n) is 13.4. The Kier molecular flexibility index (Phi) is 4.47. The van der Waals surface area contributed by atoms with E-state index in [4.69, 9.17) is 4.74 Å². The summed E-state index contributed by atoms with van der Waals surface area (Å²) in [6, 6.07) is 12.3. The average Bonchev–Trinajstić information content (AvgIpc) is 2.59. The molecule has 0 fully saturated rings. The highest BCUT2D eigenvalue weighted by Gasteiger charge is 2.11. The molecule has 1 aromatic carbocycles. The molecule has 0 aliphatic heterocycles. The summed E-state index contributed by atoms with van der Waals surface area (Å²) < 4.78 is 5.64. The maximum atomic E-state index is 12.4. The van der Waals surface area contributed by atoms with Crippen molar-refractivity contribution in [2.75, 3.05) is 5.32 Å². The Morgan fingerprint density at radius 3 is 2.75 bits per heavy atom. The van der Waals surface area contributed by atoms with Crippen molar-refractivity contribution in [2.24, 2.45) is 0 Å². The lowest BCUT2D eigenvalue weighted by Gasteiger charge is -2.09. The van der Waals surface area contributed by atoms with Gasteiger partial charge in [-0.25, -0.2) is 9.97 Å². The molecule has 0 saturated heterocycles. The second-order valence-electron chi connectivity index (χ2n) is 5.20.